The Hall–Kier alpha value is -2.37. The molecule has 2 aromatic rings. The number of amides is 2. The number of benzene rings is 2. The predicted octanol–water partition coefficient (Wildman–Crippen LogP) is 3.14. The van der Waals surface area contributed by atoms with Crippen LogP contribution in [0.5, 0.6) is 0 Å². The Kier molecular flexibility index (Phi) is 6.35. The Bertz CT molecular complexity index is 596. The molecule has 0 aliphatic carbocycles. The smallest absolute Gasteiger partial charge is 0.328 e. The third kappa shape index (κ3) is 3.93. The number of hydrogen-bond acceptors (Lipinski definition) is 3. The van der Waals surface area contributed by atoms with Crippen molar-refractivity contribution in [1.82, 2.24) is 0 Å². The highest BCUT2D eigenvalue weighted by Crippen LogP contribution is 2.21. The van der Waals surface area contributed by atoms with Gasteiger partial charge in [-0.1, -0.05) is 24.3 Å². The molecule has 0 unspecified atom stereocenters. The van der Waals surface area contributed by atoms with Gasteiger partial charge in [0.25, 0.3) is 0 Å². The number of aliphatic hydroxyl groups excluding tert-OH is 2. The van der Waals surface area contributed by atoms with Gasteiger partial charge >= 0.3 is 6.03 Å². The minimum absolute atomic E-state index is 0.0152. The van der Waals surface area contributed by atoms with Gasteiger partial charge in [0.05, 0.1) is 13.2 Å². The van der Waals surface area contributed by atoms with E-state index in [1.807, 2.05) is 62.4 Å². The van der Waals surface area contributed by atoms with E-state index < -0.39 is 0 Å². The van der Waals surface area contributed by atoms with Crippen LogP contribution in [0.15, 0.2) is 48.5 Å². The van der Waals surface area contributed by atoms with Gasteiger partial charge in [0, 0.05) is 24.5 Å². The number of anilines is 2. The van der Waals surface area contributed by atoms with Crippen molar-refractivity contribution < 1.29 is 15.0 Å². The summed E-state index contributed by atoms with van der Waals surface area (Å²) in [5.74, 6) is 0. The minimum atomic E-state index is -0.103. The molecule has 2 amide bonds. The van der Waals surface area contributed by atoms with Gasteiger partial charge in [0.2, 0.25) is 0 Å². The average Bonchev–Trinajstić information content (AvgIpc) is 2.64. The van der Waals surface area contributed by atoms with Crippen molar-refractivity contribution in [3.8, 4) is 0 Å². The van der Waals surface area contributed by atoms with E-state index in [1.54, 1.807) is 9.80 Å². The zero-order valence-corrected chi connectivity index (χ0v) is 14.1. The van der Waals surface area contributed by atoms with Crippen molar-refractivity contribution in [2.75, 3.05) is 22.9 Å². The van der Waals surface area contributed by atoms with Crippen LogP contribution in [0.25, 0.3) is 0 Å². The van der Waals surface area contributed by atoms with Crippen LogP contribution in [0.4, 0.5) is 16.2 Å². The molecule has 0 atom stereocenters. The largest absolute Gasteiger partial charge is 0.392 e. The number of hydrogen-bond donors (Lipinski definition) is 2. The van der Waals surface area contributed by atoms with E-state index in [0.717, 1.165) is 22.5 Å². The fourth-order valence-electron chi connectivity index (χ4n) is 2.56. The third-order valence-corrected chi connectivity index (χ3v) is 3.96. The first-order valence-corrected chi connectivity index (χ1v) is 8.13. The van der Waals surface area contributed by atoms with Crippen LogP contribution in [-0.4, -0.2) is 29.3 Å². The van der Waals surface area contributed by atoms with Gasteiger partial charge in [0.1, 0.15) is 0 Å². The predicted molar refractivity (Wildman–Crippen MR) is 96.2 cm³/mol. The van der Waals surface area contributed by atoms with Gasteiger partial charge in [-0.05, 0) is 49.2 Å². The number of nitrogens with zero attached hydrogens (tertiary/aromatic N) is 2. The molecule has 0 fully saturated rings. The molecule has 5 heteroatoms. The lowest BCUT2D eigenvalue weighted by Gasteiger charge is -2.29. The number of carbonyl (C=O) groups is 1. The second-order valence-electron chi connectivity index (χ2n) is 5.42. The zero-order chi connectivity index (χ0) is 17.5. The summed E-state index contributed by atoms with van der Waals surface area (Å²) in [6, 6.07) is 14.5. The van der Waals surface area contributed by atoms with Crippen LogP contribution in [0.2, 0.25) is 0 Å². The molecule has 2 aromatic carbocycles. The normalized spacial score (nSPS) is 10.5. The molecular formula is C19H24N2O3. The first kappa shape index (κ1) is 18.0. The minimum Gasteiger partial charge on any atom is -0.392 e. The van der Waals surface area contributed by atoms with E-state index in [2.05, 4.69) is 0 Å². The van der Waals surface area contributed by atoms with E-state index in [4.69, 9.17) is 10.2 Å². The fourth-order valence-corrected chi connectivity index (χ4v) is 2.56. The average molecular weight is 328 g/mol. The fraction of sp³-hybridized carbons (Fsp3) is 0.316. The first-order chi connectivity index (χ1) is 11.6. The molecule has 0 saturated carbocycles. The SMILES string of the molecule is CCN(C(=O)N(CC)c1ccc(CO)cc1)c1ccc(CO)cc1. The van der Waals surface area contributed by atoms with Crippen molar-refractivity contribution in [2.45, 2.75) is 27.1 Å². The topological polar surface area (TPSA) is 64.0 Å². The van der Waals surface area contributed by atoms with Gasteiger partial charge in [-0.2, -0.15) is 0 Å². The van der Waals surface area contributed by atoms with Gasteiger partial charge in [-0.15, -0.1) is 0 Å². The molecule has 2 rings (SSSR count). The third-order valence-electron chi connectivity index (χ3n) is 3.96. The maximum Gasteiger partial charge on any atom is 0.328 e. The maximum atomic E-state index is 13.0. The molecule has 0 bridgehead atoms. The first-order valence-electron chi connectivity index (χ1n) is 8.13. The highest BCUT2D eigenvalue weighted by Gasteiger charge is 2.21. The molecule has 0 spiro atoms. The van der Waals surface area contributed by atoms with E-state index in [0.29, 0.717) is 13.1 Å². The Morgan fingerprint density at radius 2 is 1.08 bits per heavy atom. The van der Waals surface area contributed by atoms with Crippen molar-refractivity contribution in [2.24, 2.45) is 0 Å². The molecule has 0 heterocycles. The molecule has 0 aliphatic heterocycles. The summed E-state index contributed by atoms with van der Waals surface area (Å²) >= 11 is 0. The number of aliphatic hydroxyl groups is 2. The van der Waals surface area contributed by atoms with Crippen LogP contribution in [0.3, 0.4) is 0 Å². The van der Waals surface area contributed by atoms with E-state index in [9.17, 15) is 4.79 Å². The van der Waals surface area contributed by atoms with E-state index in [-0.39, 0.29) is 19.2 Å². The van der Waals surface area contributed by atoms with Gasteiger partial charge in [-0.25, -0.2) is 4.79 Å². The molecule has 0 aliphatic rings. The van der Waals surface area contributed by atoms with Crippen molar-refractivity contribution >= 4 is 17.4 Å². The second kappa shape index (κ2) is 8.47. The molecule has 0 radical (unpaired) electrons. The lowest BCUT2D eigenvalue weighted by atomic mass is 10.2. The quantitative estimate of drug-likeness (QED) is 0.856. The van der Waals surface area contributed by atoms with Gasteiger partial charge in [-0.3, -0.25) is 9.80 Å². The molecule has 2 N–H and O–H groups in total. The van der Waals surface area contributed by atoms with Crippen LogP contribution >= 0.6 is 0 Å². The summed E-state index contributed by atoms with van der Waals surface area (Å²) in [5.41, 5.74) is 3.22. The van der Waals surface area contributed by atoms with E-state index >= 15 is 0 Å². The van der Waals surface area contributed by atoms with Gasteiger partial charge < -0.3 is 10.2 Å². The molecule has 0 aromatic heterocycles. The Balaban J connectivity index is 2.25. The van der Waals surface area contributed by atoms with E-state index in [1.165, 1.54) is 0 Å². The number of urea groups is 1. The van der Waals surface area contributed by atoms with Crippen LogP contribution in [-0.2, 0) is 13.2 Å². The summed E-state index contributed by atoms with van der Waals surface area (Å²) in [7, 11) is 0. The Morgan fingerprint density at radius 3 is 1.33 bits per heavy atom. The van der Waals surface area contributed by atoms with Crippen molar-refractivity contribution in [3.63, 3.8) is 0 Å². The molecule has 0 saturated heterocycles. The summed E-state index contributed by atoms with van der Waals surface area (Å²) < 4.78 is 0. The Labute approximate surface area is 142 Å². The van der Waals surface area contributed by atoms with Crippen molar-refractivity contribution in [1.29, 1.82) is 0 Å². The highest BCUT2D eigenvalue weighted by atomic mass is 16.3. The zero-order valence-electron chi connectivity index (χ0n) is 14.1. The van der Waals surface area contributed by atoms with Crippen LogP contribution in [0, 0.1) is 0 Å². The standard InChI is InChI=1S/C19H24N2O3/c1-3-20(17-9-5-15(13-22)6-10-17)19(24)21(4-2)18-11-7-16(14-23)8-12-18/h5-12,22-23H,3-4,13-14H2,1-2H3. The number of carbonyl (C=O) groups excluding carboxylic acids is 1. The Morgan fingerprint density at radius 1 is 0.750 bits per heavy atom. The number of rotatable bonds is 6. The lowest BCUT2D eigenvalue weighted by molar-refractivity contribution is 0.252. The molecule has 128 valence electrons. The van der Waals surface area contributed by atoms with Crippen LogP contribution in [0.1, 0.15) is 25.0 Å². The second-order valence-corrected chi connectivity index (χ2v) is 5.42. The molecule has 5 nitrogen and oxygen atoms in total. The van der Waals surface area contributed by atoms with Gasteiger partial charge in [0.15, 0.2) is 0 Å². The van der Waals surface area contributed by atoms with Crippen LogP contribution < -0.4 is 9.80 Å². The van der Waals surface area contributed by atoms with Crippen molar-refractivity contribution in [3.05, 3.63) is 59.7 Å². The maximum absolute atomic E-state index is 13.0. The summed E-state index contributed by atoms with van der Waals surface area (Å²) in [5, 5.41) is 18.3. The summed E-state index contributed by atoms with van der Waals surface area (Å²) in [6.07, 6.45) is 0. The molecule has 24 heavy (non-hydrogen) atoms. The summed E-state index contributed by atoms with van der Waals surface area (Å²) in [6.45, 7) is 4.92. The monoisotopic (exact) mass is 328 g/mol. The summed E-state index contributed by atoms with van der Waals surface area (Å²) in [4.78, 5) is 16.4. The molecular weight excluding hydrogens is 304 g/mol. The lowest BCUT2D eigenvalue weighted by Crippen LogP contribution is -2.43. The highest BCUT2D eigenvalue weighted by molar-refractivity contribution is 6.03.